The summed E-state index contributed by atoms with van der Waals surface area (Å²) in [5.74, 6) is 0.877. The Kier molecular flexibility index (Phi) is 9.89. The van der Waals surface area contributed by atoms with Crippen LogP contribution in [0.4, 0.5) is 5.69 Å². The first-order chi connectivity index (χ1) is 10.7. The zero-order valence-electron chi connectivity index (χ0n) is 13.7. The zero-order valence-corrected chi connectivity index (χ0v) is 17.6. The minimum Gasteiger partial charge on any atom is -0.383 e. The van der Waals surface area contributed by atoms with Crippen LogP contribution in [0, 0.1) is 0 Å². The maximum Gasteiger partial charge on any atom is 0.191 e. The van der Waals surface area contributed by atoms with Crippen LogP contribution >= 0.6 is 39.9 Å². The first-order valence-electron chi connectivity index (χ1n) is 7.77. The Balaban J connectivity index is 0.00000264. The average molecular weight is 497 g/mol. The van der Waals surface area contributed by atoms with Crippen molar-refractivity contribution in [3.8, 4) is 0 Å². The lowest BCUT2D eigenvalue weighted by Gasteiger charge is -2.20. The first-order valence-corrected chi connectivity index (χ1v) is 8.56. The molecule has 1 saturated heterocycles. The SMILES string of the molecule is CCNC(=NCCOC)NC1CCN(c2ccc(Br)cc2)C1.I. The normalized spacial score (nSPS) is 17.8. The van der Waals surface area contributed by atoms with E-state index < -0.39 is 0 Å². The number of aliphatic imine (C=N–C) groups is 1. The monoisotopic (exact) mass is 496 g/mol. The molecule has 1 unspecified atom stereocenters. The van der Waals surface area contributed by atoms with E-state index in [4.69, 9.17) is 4.74 Å². The number of hydrogen-bond acceptors (Lipinski definition) is 3. The van der Waals surface area contributed by atoms with Crippen molar-refractivity contribution >= 4 is 51.6 Å². The van der Waals surface area contributed by atoms with Crippen LogP contribution in [0.3, 0.4) is 0 Å². The Hall–Kier alpha value is -0.540. The Morgan fingerprint density at radius 3 is 2.78 bits per heavy atom. The number of benzene rings is 1. The van der Waals surface area contributed by atoms with Gasteiger partial charge in [-0.15, -0.1) is 24.0 Å². The fraction of sp³-hybridized carbons (Fsp3) is 0.562. The van der Waals surface area contributed by atoms with Crippen LogP contribution in [-0.2, 0) is 4.74 Å². The van der Waals surface area contributed by atoms with Crippen LogP contribution in [0.15, 0.2) is 33.7 Å². The first kappa shape index (κ1) is 20.5. The molecule has 1 aromatic rings. The number of methoxy groups -OCH3 is 1. The standard InChI is InChI=1S/C16H25BrN4O.HI/c1-3-18-16(19-9-11-22-2)20-14-8-10-21(12-14)15-6-4-13(17)5-7-15;/h4-7,14H,3,8-12H2,1-2H3,(H2,18,19,20);1H. The highest BCUT2D eigenvalue weighted by Gasteiger charge is 2.23. The van der Waals surface area contributed by atoms with E-state index in [2.05, 4.69) is 67.6 Å². The number of anilines is 1. The van der Waals surface area contributed by atoms with Crippen LogP contribution in [0.1, 0.15) is 13.3 Å². The minimum atomic E-state index is 0. The van der Waals surface area contributed by atoms with E-state index in [0.29, 0.717) is 19.2 Å². The molecule has 0 aromatic heterocycles. The van der Waals surface area contributed by atoms with Crippen LogP contribution in [0.2, 0.25) is 0 Å². The summed E-state index contributed by atoms with van der Waals surface area (Å²) in [5.41, 5.74) is 1.27. The van der Waals surface area contributed by atoms with E-state index >= 15 is 0 Å². The summed E-state index contributed by atoms with van der Waals surface area (Å²) in [6.07, 6.45) is 1.12. The van der Waals surface area contributed by atoms with E-state index in [1.807, 2.05) is 0 Å². The molecule has 5 nitrogen and oxygen atoms in total. The summed E-state index contributed by atoms with van der Waals surface area (Å²) in [6.45, 7) is 6.33. The highest BCUT2D eigenvalue weighted by Crippen LogP contribution is 2.22. The molecule has 1 heterocycles. The molecule has 2 N–H and O–H groups in total. The van der Waals surface area contributed by atoms with E-state index in [0.717, 1.165) is 36.5 Å². The zero-order chi connectivity index (χ0) is 15.8. The van der Waals surface area contributed by atoms with Gasteiger partial charge in [0.2, 0.25) is 0 Å². The van der Waals surface area contributed by atoms with Crippen LogP contribution in [0.25, 0.3) is 0 Å². The van der Waals surface area contributed by atoms with Gasteiger partial charge in [0.1, 0.15) is 0 Å². The van der Waals surface area contributed by atoms with Gasteiger partial charge in [-0.2, -0.15) is 0 Å². The number of nitrogens with zero attached hydrogens (tertiary/aromatic N) is 2. The highest BCUT2D eigenvalue weighted by atomic mass is 127. The quantitative estimate of drug-likeness (QED) is 0.275. The Bertz CT molecular complexity index is 483. The molecule has 7 heteroatoms. The largest absolute Gasteiger partial charge is 0.383 e. The summed E-state index contributed by atoms with van der Waals surface area (Å²) in [6, 6.07) is 8.91. The molecule has 130 valence electrons. The van der Waals surface area contributed by atoms with Gasteiger partial charge >= 0.3 is 0 Å². The van der Waals surface area contributed by atoms with Crippen LogP contribution in [-0.4, -0.2) is 51.9 Å². The van der Waals surface area contributed by atoms with Crippen molar-refractivity contribution in [1.82, 2.24) is 10.6 Å². The fourth-order valence-electron chi connectivity index (χ4n) is 2.53. The Labute approximate surface area is 164 Å². The third kappa shape index (κ3) is 6.84. The molecule has 0 amide bonds. The van der Waals surface area contributed by atoms with Crippen molar-refractivity contribution in [3.05, 3.63) is 28.7 Å². The molecule has 1 aliphatic heterocycles. The van der Waals surface area contributed by atoms with Gasteiger partial charge < -0.3 is 20.3 Å². The van der Waals surface area contributed by atoms with Gasteiger partial charge in [-0.1, -0.05) is 15.9 Å². The second kappa shape index (κ2) is 11.1. The summed E-state index contributed by atoms with van der Waals surface area (Å²) in [5, 5.41) is 6.81. The van der Waals surface area contributed by atoms with Gasteiger partial charge in [-0.25, -0.2) is 0 Å². The summed E-state index contributed by atoms with van der Waals surface area (Å²) in [7, 11) is 1.70. The van der Waals surface area contributed by atoms with Crippen molar-refractivity contribution in [1.29, 1.82) is 0 Å². The smallest absolute Gasteiger partial charge is 0.191 e. The molecule has 2 rings (SSSR count). The summed E-state index contributed by atoms with van der Waals surface area (Å²) >= 11 is 3.48. The number of rotatable bonds is 6. The highest BCUT2D eigenvalue weighted by molar-refractivity contribution is 14.0. The lowest BCUT2D eigenvalue weighted by atomic mass is 10.3. The fourth-order valence-corrected chi connectivity index (χ4v) is 2.79. The summed E-state index contributed by atoms with van der Waals surface area (Å²) < 4.78 is 6.17. The Morgan fingerprint density at radius 1 is 1.39 bits per heavy atom. The maximum atomic E-state index is 5.05. The number of hydrogen-bond donors (Lipinski definition) is 2. The predicted octanol–water partition coefficient (Wildman–Crippen LogP) is 2.85. The number of ether oxygens (including phenoxy) is 1. The molecule has 0 bridgehead atoms. The van der Waals surface area contributed by atoms with Gasteiger partial charge in [0.15, 0.2) is 5.96 Å². The molecule has 0 spiro atoms. The third-order valence-electron chi connectivity index (χ3n) is 3.63. The van der Waals surface area contributed by atoms with Crippen LogP contribution < -0.4 is 15.5 Å². The van der Waals surface area contributed by atoms with Gasteiger partial charge in [0, 0.05) is 42.9 Å². The molecule has 1 fully saturated rings. The van der Waals surface area contributed by atoms with Crippen molar-refractivity contribution in [2.75, 3.05) is 44.8 Å². The lowest BCUT2D eigenvalue weighted by Crippen LogP contribution is -2.44. The lowest BCUT2D eigenvalue weighted by molar-refractivity contribution is 0.208. The van der Waals surface area contributed by atoms with Crippen molar-refractivity contribution in [3.63, 3.8) is 0 Å². The average Bonchev–Trinajstić information content (AvgIpc) is 2.97. The van der Waals surface area contributed by atoms with Gasteiger partial charge in [0.25, 0.3) is 0 Å². The molecule has 23 heavy (non-hydrogen) atoms. The van der Waals surface area contributed by atoms with E-state index in [9.17, 15) is 0 Å². The predicted molar refractivity (Wildman–Crippen MR) is 111 cm³/mol. The van der Waals surface area contributed by atoms with E-state index in [1.165, 1.54) is 5.69 Å². The summed E-state index contributed by atoms with van der Waals surface area (Å²) in [4.78, 5) is 6.93. The van der Waals surface area contributed by atoms with Gasteiger partial charge in [0.05, 0.1) is 13.2 Å². The second-order valence-corrected chi connectivity index (χ2v) is 6.22. The molecular formula is C16H26BrIN4O. The van der Waals surface area contributed by atoms with E-state index in [1.54, 1.807) is 7.11 Å². The Morgan fingerprint density at radius 2 is 2.13 bits per heavy atom. The maximum absolute atomic E-state index is 5.05. The minimum absolute atomic E-state index is 0. The number of guanidine groups is 1. The second-order valence-electron chi connectivity index (χ2n) is 5.31. The molecule has 1 atom stereocenters. The van der Waals surface area contributed by atoms with Gasteiger partial charge in [-0.3, -0.25) is 4.99 Å². The molecule has 0 aliphatic carbocycles. The third-order valence-corrected chi connectivity index (χ3v) is 4.16. The molecule has 0 radical (unpaired) electrons. The van der Waals surface area contributed by atoms with Crippen molar-refractivity contribution < 1.29 is 4.74 Å². The van der Waals surface area contributed by atoms with Crippen molar-refractivity contribution in [2.45, 2.75) is 19.4 Å². The van der Waals surface area contributed by atoms with Crippen LogP contribution in [0.5, 0.6) is 0 Å². The van der Waals surface area contributed by atoms with Crippen molar-refractivity contribution in [2.24, 2.45) is 4.99 Å². The van der Waals surface area contributed by atoms with E-state index in [-0.39, 0.29) is 24.0 Å². The molecule has 1 aliphatic rings. The topological polar surface area (TPSA) is 48.9 Å². The number of nitrogens with one attached hydrogen (secondary N) is 2. The molecular weight excluding hydrogens is 471 g/mol. The molecule has 1 aromatic carbocycles. The molecule has 0 saturated carbocycles. The number of halogens is 2. The van der Waals surface area contributed by atoms with Gasteiger partial charge in [-0.05, 0) is 37.6 Å².